The van der Waals surface area contributed by atoms with Gasteiger partial charge in [-0.2, -0.15) is 0 Å². The van der Waals surface area contributed by atoms with Gasteiger partial charge in [0.15, 0.2) is 0 Å². The Balaban J connectivity index is 3.05. The summed E-state index contributed by atoms with van der Waals surface area (Å²) in [7, 11) is 0. The fourth-order valence-electron chi connectivity index (χ4n) is 2.78. The van der Waals surface area contributed by atoms with Crippen LogP contribution in [0.2, 0.25) is 0 Å². The summed E-state index contributed by atoms with van der Waals surface area (Å²) >= 11 is 0. The third kappa shape index (κ3) is 15.5. The standard InChI is InChI=1S/C19H37NO2/c1-2-3-4-5-6-7-8-9-10-11-12-13-14-15-16-17-18(21)19(20)22/h2-17H2,1H3,(H2,20,22). The average molecular weight is 312 g/mol. The van der Waals surface area contributed by atoms with Crippen molar-refractivity contribution in [1.29, 1.82) is 0 Å². The Morgan fingerprint density at radius 1 is 0.591 bits per heavy atom. The molecule has 0 radical (unpaired) electrons. The third-order valence-corrected chi connectivity index (χ3v) is 4.28. The van der Waals surface area contributed by atoms with Crippen molar-refractivity contribution in [3.8, 4) is 0 Å². The minimum absolute atomic E-state index is 0.327. The van der Waals surface area contributed by atoms with Crippen molar-refractivity contribution in [2.45, 2.75) is 110 Å². The highest BCUT2D eigenvalue weighted by atomic mass is 16.2. The van der Waals surface area contributed by atoms with Crippen LogP contribution < -0.4 is 5.73 Å². The molecule has 0 aromatic rings. The summed E-state index contributed by atoms with van der Waals surface area (Å²) in [5.41, 5.74) is 4.91. The van der Waals surface area contributed by atoms with Gasteiger partial charge in [-0.1, -0.05) is 96.8 Å². The molecule has 130 valence electrons. The van der Waals surface area contributed by atoms with E-state index in [2.05, 4.69) is 6.92 Å². The van der Waals surface area contributed by atoms with Gasteiger partial charge in [0.1, 0.15) is 0 Å². The Morgan fingerprint density at radius 2 is 0.909 bits per heavy atom. The molecule has 0 saturated carbocycles. The lowest BCUT2D eigenvalue weighted by Gasteiger charge is -2.03. The molecular weight excluding hydrogens is 274 g/mol. The van der Waals surface area contributed by atoms with Crippen molar-refractivity contribution in [1.82, 2.24) is 0 Å². The molecule has 0 aliphatic heterocycles. The minimum atomic E-state index is -0.787. The molecule has 0 spiro atoms. The topological polar surface area (TPSA) is 60.2 Å². The van der Waals surface area contributed by atoms with Gasteiger partial charge >= 0.3 is 0 Å². The van der Waals surface area contributed by atoms with Crippen LogP contribution in [0.4, 0.5) is 0 Å². The molecule has 2 N–H and O–H groups in total. The van der Waals surface area contributed by atoms with Crippen LogP contribution in [0.1, 0.15) is 110 Å². The lowest BCUT2D eigenvalue weighted by Crippen LogP contribution is -2.22. The Morgan fingerprint density at radius 3 is 1.23 bits per heavy atom. The molecule has 0 atom stereocenters. The van der Waals surface area contributed by atoms with E-state index in [1.165, 1.54) is 83.5 Å². The summed E-state index contributed by atoms with van der Waals surface area (Å²) in [6.07, 6.45) is 19.8. The van der Waals surface area contributed by atoms with E-state index in [1.54, 1.807) is 0 Å². The highest BCUT2D eigenvalue weighted by Gasteiger charge is 2.07. The molecule has 0 aromatic heterocycles. The molecule has 0 bridgehead atoms. The number of carbonyl (C=O) groups excluding carboxylic acids is 2. The molecule has 0 rings (SSSR count). The van der Waals surface area contributed by atoms with Gasteiger partial charge in [0.25, 0.3) is 5.91 Å². The first kappa shape index (κ1) is 21.1. The summed E-state index contributed by atoms with van der Waals surface area (Å²) in [5.74, 6) is -1.21. The molecular formula is C19H37NO2. The van der Waals surface area contributed by atoms with Gasteiger partial charge < -0.3 is 5.73 Å². The zero-order valence-electron chi connectivity index (χ0n) is 14.7. The molecule has 0 aromatic carbocycles. The number of hydrogen-bond acceptors (Lipinski definition) is 2. The van der Waals surface area contributed by atoms with Gasteiger partial charge in [-0.3, -0.25) is 9.59 Å². The molecule has 22 heavy (non-hydrogen) atoms. The van der Waals surface area contributed by atoms with Crippen LogP contribution in [0.25, 0.3) is 0 Å². The molecule has 0 unspecified atom stereocenters. The van der Waals surface area contributed by atoms with Gasteiger partial charge in [-0.25, -0.2) is 0 Å². The van der Waals surface area contributed by atoms with Crippen LogP contribution in [0.3, 0.4) is 0 Å². The second kappa shape index (κ2) is 16.5. The van der Waals surface area contributed by atoms with Crippen molar-refractivity contribution >= 4 is 11.7 Å². The molecule has 3 nitrogen and oxygen atoms in total. The van der Waals surface area contributed by atoms with Gasteiger partial charge in [0.2, 0.25) is 5.78 Å². The van der Waals surface area contributed by atoms with Crippen LogP contribution in [0.15, 0.2) is 0 Å². The highest BCUT2D eigenvalue weighted by Crippen LogP contribution is 2.13. The summed E-state index contributed by atoms with van der Waals surface area (Å²) in [5, 5.41) is 0. The fourth-order valence-corrected chi connectivity index (χ4v) is 2.78. The predicted octanol–water partition coefficient (Wildman–Crippen LogP) is 5.30. The van der Waals surface area contributed by atoms with E-state index >= 15 is 0 Å². The van der Waals surface area contributed by atoms with Crippen molar-refractivity contribution in [2.75, 3.05) is 0 Å². The van der Waals surface area contributed by atoms with E-state index in [4.69, 9.17) is 5.73 Å². The first-order valence-electron chi connectivity index (χ1n) is 9.51. The number of carbonyl (C=O) groups is 2. The maximum absolute atomic E-state index is 11.0. The largest absolute Gasteiger partial charge is 0.363 e. The number of hydrogen-bond donors (Lipinski definition) is 1. The van der Waals surface area contributed by atoms with E-state index < -0.39 is 11.7 Å². The normalized spacial score (nSPS) is 10.8. The van der Waals surface area contributed by atoms with Crippen molar-refractivity contribution in [3.63, 3.8) is 0 Å². The third-order valence-electron chi connectivity index (χ3n) is 4.28. The van der Waals surface area contributed by atoms with Crippen molar-refractivity contribution in [3.05, 3.63) is 0 Å². The Kier molecular flexibility index (Phi) is 15.9. The lowest BCUT2D eigenvalue weighted by molar-refractivity contribution is -0.136. The SMILES string of the molecule is CCCCCCCCCCCCCCCCCC(=O)C(N)=O. The number of primary amides is 1. The smallest absolute Gasteiger partial charge is 0.284 e. The van der Waals surface area contributed by atoms with Gasteiger partial charge in [0.05, 0.1) is 0 Å². The van der Waals surface area contributed by atoms with E-state index in [1.807, 2.05) is 0 Å². The fraction of sp³-hybridized carbons (Fsp3) is 0.895. The van der Waals surface area contributed by atoms with E-state index in [0.29, 0.717) is 6.42 Å². The van der Waals surface area contributed by atoms with E-state index in [0.717, 1.165) is 12.8 Å². The van der Waals surface area contributed by atoms with Crippen LogP contribution in [-0.4, -0.2) is 11.7 Å². The second-order valence-corrected chi connectivity index (χ2v) is 6.49. The molecule has 0 heterocycles. The Hall–Kier alpha value is -0.860. The molecule has 0 saturated heterocycles. The van der Waals surface area contributed by atoms with Crippen LogP contribution in [0, 0.1) is 0 Å². The maximum Gasteiger partial charge on any atom is 0.284 e. The lowest BCUT2D eigenvalue weighted by atomic mass is 10.0. The maximum atomic E-state index is 11.0. The molecule has 0 fully saturated rings. The zero-order valence-corrected chi connectivity index (χ0v) is 14.7. The summed E-state index contributed by atoms with van der Waals surface area (Å²) in [4.78, 5) is 21.6. The van der Waals surface area contributed by atoms with Crippen molar-refractivity contribution in [2.24, 2.45) is 5.73 Å². The van der Waals surface area contributed by atoms with Crippen molar-refractivity contribution < 1.29 is 9.59 Å². The summed E-state index contributed by atoms with van der Waals surface area (Å²) in [6, 6.07) is 0. The quantitative estimate of drug-likeness (QED) is 0.292. The second-order valence-electron chi connectivity index (χ2n) is 6.49. The molecule has 1 amide bonds. The summed E-state index contributed by atoms with van der Waals surface area (Å²) in [6.45, 7) is 2.26. The van der Waals surface area contributed by atoms with Crippen LogP contribution in [0.5, 0.6) is 0 Å². The first-order chi connectivity index (χ1) is 10.7. The van der Waals surface area contributed by atoms with E-state index in [9.17, 15) is 9.59 Å². The van der Waals surface area contributed by atoms with Gasteiger partial charge in [-0.15, -0.1) is 0 Å². The van der Waals surface area contributed by atoms with E-state index in [-0.39, 0.29) is 0 Å². The van der Waals surface area contributed by atoms with Crippen LogP contribution in [-0.2, 0) is 9.59 Å². The molecule has 0 aliphatic carbocycles. The minimum Gasteiger partial charge on any atom is -0.363 e. The van der Waals surface area contributed by atoms with Gasteiger partial charge in [-0.05, 0) is 6.42 Å². The number of Topliss-reactive ketones (excluding diaryl/α,β-unsaturated/α-hetero) is 1. The monoisotopic (exact) mass is 311 g/mol. The number of amides is 1. The number of nitrogens with two attached hydrogens (primary N) is 1. The predicted molar refractivity (Wildman–Crippen MR) is 93.7 cm³/mol. The molecule has 3 heteroatoms. The summed E-state index contributed by atoms with van der Waals surface area (Å²) < 4.78 is 0. The molecule has 0 aliphatic rings. The Bertz CT molecular complexity index is 277. The average Bonchev–Trinajstić information content (AvgIpc) is 2.50. The first-order valence-corrected chi connectivity index (χ1v) is 9.51. The zero-order chi connectivity index (χ0) is 16.5. The number of rotatable bonds is 17. The number of ketones is 1. The van der Waals surface area contributed by atoms with Crippen LogP contribution >= 0.6 is 0 Å². The Labute approximate surface area is 137 Å². The van der Waals surface area contributed by atoms with Gasteiger partial charge in [0, 0.05) is 6.42 Å². The highest BCUT2D eigenvalue weighted by molar-refractivity contribution is 6.35. The number of unbranched alkanes of at least 4 members (excludes halogenated alkanes) is 14.